The van der Waals surface area contributed by atoms with Crippen molar-refractivity contribution >= 4 is 33.2 Å². The second-order valence-electron chi connectivity index (χ2n) is 8.02. The number of carbonyl (C=O) groups is 1. The third kappa shape index (κ3) is 5.77. The molecule has 32 heavy (non-hydrogen) atoms. The van der Waals surface area contributed by atoms with Crippen LogP contribution in [-0.4, -0.2) is 66.0 Å². The summed E-state index contributed by atoms with van der Waals surface area (Å²) >= 11 is 1.39. The van der Waals surface area contributed by atoms with Gasteiger partial charge in [0.1, 0.15) is 12.1 Å². The molecule has 2 aliphatic rings. The van der Waals surface area contributed by atoms with E-state index in [1.807, 2.05) is 11.4 Å². The van der Waals surface area contributed by atoms with Gasteiger partial charge in [0, 0.05) is 37.8 Å². The van der Waals surface area contributed by atoms with E-state index >= 15 is 0 Å². The topological polar surface area (TPSA) is 148 Å². The van der Waals surface area contributed by atoms with Gasteiger partial charge in [-0.2, -0.15) is 8.42 Å². The van der Waals surface area contributed by atoms with E-state index in [0.717, 1.165) is 25.2 Å². The van der Waals surface area contributed by atoms with Crippen molar-refractivity contribution in [2.24, 2.45) is 11.1 Å². The first kappa shape index (κ1) is 23.0. The van der Waals surface area contributed by atoms with Crippen LogP contribution < -0.4 is 10.5 Å². The standard InChI is InChI=1S/C20H25N5O5S2/c21-32(28,29)30-10-14-6-15(7-17(14)26)24-20-16(8-22-12-23-20)19(27)18-5-13(11-31-18)9-25-3-1-2-4-25/h1-2,5,8,11-12,14-15,17,26H,3-4,6-7,9-10H2,(H2,21,28,29)(H,22,23,24)/t14-,15-,17+/m1/s1. The lowest BCUT2D eigenvalue weighted by atomic mass is 10.1. The first-order chi connectivity index (χ1) is 15.3. The quantitative estimate of drug-likeness (QED) is 0.352. The fourth-order valence-electron chi connectivity index (χ4n) is 4.01. The maximum absolute atomic E-state index is 13.1. The van der Waals surface area contributed by atoms with Crippen LogP contribution in [0.2, 0.25) is 0 Å². The lowest BCUT2D eigenvalue weighted by molar-refractivity contribution is 0.101. The van der Waals surface area contributed by atoms with Crippen LogP contribution in [0, 0.1) is 5.92 Å². The SMILES string of the molecule is NS(=O)(=O)OC[C@H]1C[C@@H](Nc2ncncc2C(=O)c2cc(CN3CC=CC3)cs2)C[C@@H]1O. The summed E-state index contributed by atoms with van der Waals surface area (Å²) in [5.41, 5.74) is 1.44. The van der Waals surface area contributed by atoms with Gasteiger partial charge in [0.2, 0.25) is 5.78 Å². The molecule has 0 saturated heterocycles. The summed E-state index contributed by atoms with van der Waals surface area (Å²) in [7, 11) is -4.07. The Balaban J connectivity index is 1.42. The molecule has 0 aromatic carbocycles. The molecular formula is C20H25N5O5S2. The maximum Gasteiger partial charge on any atom is 0.333 e. The molecular weight excluding hydrogens is 454 g/mol. The number of aliphatic hydroxyl groups excluding tert-OH is 1. The highest BCUT2D eigenvalue weighted by Gasteiger charge is 2.34. The maximum atomic E-state index is 13.1. The highest BCUT2D eigenvalue weighted by atomic mass is 32.2. The first-order valence-corrected chi connectivity index (χ1v) is 12.5. The van der Waals surface area contributed by atoms with E-state index in [0.29, 0.717) is 29.1 Å². The van der Waals surface area contributed by atoms with Crippen LogP contribution in [0.3, 0.4) is 0 Å². The minimum atomic E-state index is -4.07. The van der Waals surface area contributed by atoms with Gasteiger partial charge in [0.25, 0.3) is 0 Å². The van der Waals surface area contributed by atoms with E-state index in [-0.39, 0.29) is 18.4 Å². The van der Waals surface area contributed by atoms with Gasteiger partial charge in [-0.1, -0.05) is 12.2 Å². The fourth-order valence-corrected chi connectivity index (χ4v) is 5.23. The van der Waals surface area contributed by atoms with Gasteiger partial charge < -0.3 is 10.4 Å². The number of ketones is 1. The molecule has 0 amide bonds. The summed E-state index contributed by atoms with van der Waals surface area (Å²) in [5, 5.41) is 20.3. The predicted octanol–water partition coefficient (Wildman–Crippen LogP) is 0.912. The Morgan fingerprint density at radius 3 is 2.88 bits per heavy atom. The molecule has 0 bridgehead atoms. The Bertz CT molecular complexity index is 1100. The van der Waals surface area contributed by atoms with Gasteiger partial charge >= 0.3 is 10.3 Å². The highest BCUT2D eigenvalue weighted by Crippen LogP contribution is 2.30. The summed E-state index contributed by atoms with van der Waals surface area (Å²) in [6.45, 7) is 2.42. The molecule has 1 aliphatic carbocycles. The zero-order valence-corrected chi connectivity index (χ0v) is 18.9. The molecule has 3 heterocycles. The molecule has 3 atom stereocenters. The summed E-state index contributed by atoms with van der Waals surface area (Å²) in [6.07, 6.45) is 7.15. The Morgan fingerprint density at radius 2 is 2.12 bits per heavy atom. The van der Waals surface area contributed by atoms with Crippen LogP contribution in [0.15, 0.2) is 36.1 Å². The minimum absolute atomic E-state index is 0.170. The number of carbonyl (C=O) groups excluding carboxylic acids is 1. The summed E-state index contributed by atoms with van der Waals surface area (Å²) < 4.78 is 26.7. The monoisotopic (exact) mass is 479 g/mol. The second-order valence-corrected chi connectivity index (χ2v) is 10.1. The highest BCUT2D eigenvalue weighted by molar-refractivity contribution is 7.84. The number of rotatable bonds is 9. The third-order valence-electron chi connectivity index (χ3n) is 5.58. The molecule has 0 radical (unpaired) electrons. The molecule has 2 aromatic heterocycles. The molecule has 1 fully saturated rings. The number of nitrogens with one attached hydrogen (secondary N) is 1. The molecule has 4 rings (SSSR count). The van der Waals surface area contributed by atoms with Gasteiger partial charge in [-0.15, -0.1) is 11.3 Å². The summed E-state index contributed by atoms with van der Waals surface area (Å²) in [6, 6.07) is 1.70. The lowest BCUT2D eigenvalue weighted by Gasteiger charge is -2.15. The number of nitrogens with zero attached hydrogens (tertiary/aromatic N) is 3. The van der Waals surface area contributed by atoms with Crippen molar-refractivity contribution in [3.05, 3.63) is 52.1 Å². The van der Waals surface area contributed by atoms with Crippen LogP contribution in [0.4, 0.5) is 5.82 Å². The van der Waals surface area contributed by atoms with E-state index < -0.39 is 22.3 Å². The van der Waals surface area contributed by atoms with Gasteiger partial charge in [-0.25, -0.2) is 15.1 Å². The largest absolute Gasteiger partial charge is 0.393 e. The van der Waals surface area contributed by atoms with Gasteiger partial charge in [-0.05, 0) is 29.9 Å². The van der Waals surface area contributed by atoms with Crippen LogP contribution in [0.5, 0.6) is 0 Å². The fraction of sp³-hybridized carbons (Fsp3) is 0.450. The van der Waals surface area contributed by atoms with Crippen LogP contribution in [0.1, 0.15) is 33.6 Å². The number of hydrogen-bond donors (Lipinski definition) is 3. The molecule has 1 saturated carbocycles. The summed E-state index contributed by atoms with van der Waals surface area (Å²) in [4.78, 5) is 24.3. The molecule has 0 spiro atoms. The van der Waals surface area contributed by atoms with Crippen molar-refractivity contribution in [2.75, 3.05) is 25.0 Å². The number of aromatic nitrogens is 2. The Morgan fingerprint density at radius 1 is 1.34 bits per heavy atom. The van der Waals surface area contributed by atoms with Crippen molar-refractivity contribution in [1.82, 2.24) is 14.9 Å². The van der Waals surface area contributed by atoms with Crippen LogP contribution >= 0.6 is 11.3 Å². The molecule has 172 valence electrons. The molecule has 0 unspecified atom stereocenters. The number of nitrogens with two attached hydrogens (primary N) is 1. The molecule has 1 aliphatic heterocycles. The Kier molecular flexibility index (Phi) is 6.98. The number of aliphatic hydroxyl groups is 1. The van der Waals surface area contributed by atoms with Gasteiger partial charge in [-0.3, -0.25) is 13.9 Å². The van der Waals surface area contributed by atoms with Crippen molar-refractivity contribution in [3.63, 3.8) is 0 Å². The van der Waals surface area contributed by atoms with Crippen molar-refractivity contribution in [2.45, 2.75) is 31.5 Å². The minimum Gasteiger partial charge on any atom is -0.393 e. The van der Waals surface area contributed by atoms with E-state index in [4.69, 9.17) is 5.14 Å². The molecule has 10 nitrogen and oxygen atoms in total. The zero-order chi connectivity index (χ0) is 22.7. The number of thiophene rings is 1. The van der Waals surface area contributed by atoms with Crippen molar-refractivity contribution in [3.8, 4) is 0 Å². The Labute approximate surface area is 190 Å². The third-order valence-corrected chi connectivity index (χ3v) is 7.02. The lowest BCUT2D eigenvalue weighted by Crippen LogP contribution is -2.24. The van der Waals surface area contributed by atoms with Crippen LogP contribution in [0.25, 0.3) is 0 Å². The predicted molar refractivity (Wildman–Crippen MR) is 119 cm³/mol. The van der Waals surface area contributed by atoms with Gasteiger partial charge in [0.15, 0.2) is 0 Å². The number of anilines is 1. The number of hydrogen-bond acceptors (Lipinski definition) is 10. The first-order valence-electron chi connectivity index (χ1n) is 10.2. The van der Waals surface area contributed by atoms with Crippen molar-refractivity contribution < 1.29 is 22.5 Å². The summed E-state index contributed by atoms with van der Waals surface area (Å²) in [5.74, 6) is -0.183. The average Bonchev–Trinajstić information content (AvgIpc) is 3.48. The second kappa shape index (κ2) is 9.73. The zero-order valence-electron chi connectivity index (χ0n) is 17.3. The molecule has 4 N–H and O–H groups in total. The molecule has 12 heteroatoms. The van der Waals surface area contributed by atoms with Crippen molar-refractivity contribution in [1.29, 1.82) is 0 Å². The van der Waals surface area contributed by atoms with Gasteiger partial charge in [0.05, 0.1) is 23.2 Å². The Hall–Kier alpha value is -2.22. The molecule has 2 aromatic rings. The van der Waals surface area contributed by atoms with E-state index in [1.165, 1.54) is 23.9 Å². The van der Waals surface area contributed by atoms with Crippen LogP contribution in [-0.2, 0) is 21.0 Å². The normalized spacial score (nSPS) is 23.6. The van der Waals surface area contributed by atoms with E-state index in [1.54, 1.807) is 0 Å². The average molecular weight is 480 g/mol. The van der Waals surface area contributed by atoms with E-state index in [9.17, 15) is 18.3 Å². The smallest absolute Gasteiger partial charge is 0.333 e. The van der Waals surface area contributed by atoms with E-state index in [2.05, 4.69) is 36.5 Å².